The quantitative estimate of drug-likeness (QED) is 0.854. The van der Waals surface area contributed by atoms with Crippen LogP contribution in [0.2, 0.25) is 0 Å². The third-order valence-electron chi connectivity index (χ3n) is 3.30. The summed E-state index contributed by atoms with van der Waals surface area (Å²) >= 11 is 0. The van der Waals surface area contributed by atoms with E-state index in [1.807, 2.05) is 37.3 Å². The Morgan fingerprint density at radius 3 is 2.50 bits per heavy atom. The Labute approximate surface area is 117 Å². The SMILES string of the molecule is COc1ccc(CCn2c(C)ccc(C#N)c2=O)cc1. The Hall–Kier alpha value is -2.54. The number of nitriles is 1. The molecule has 0 spiro atoms. The molecule has 0 saturated heterocycles. The summed E-state index contributed by atoms with van der Waals surface area (Å²) in [6, 6.07) is 13.1. The van der Waals surface area contributed by atoms with E-state index in [2.05, 4.69) is 0 Å². The molecule has 20 heavy (non-hydrogen) atoms. The average Bonchev–Trinajstić information content (AvgIpc) is 2.48. The van der Waals surface area contributed by atoms with Crippen molar-refractivity contribution >= 4 is 0 Å². The van der Waals surface area contributed by atoms with Crippen molar-refractivity contribution in [1.82, 2.24) is 4.57 Å². The summed E-state index contributed by atoms with van der Waals surface area (Å²) in [5, 5.41) is 8.90. The normalized spacial score (nSPS) is 10.1. The minimum atomic E-state index is -0.221. The van der Waals surface area contributed by atoms with E-state index in [4.69, 9.17) is 10.00 Å². The van der Waals surface area contributed by atoms with Crippen LogP contribution < -0.4 is 10.3 Å². The lowest BCUT2D eigenvalue weighted by atomic mass is 10.1. The first-order valence-corrected chi connectivity index (χ1v) is 6.39. The zero-order valence-corrected chi connectivity index (χ0v) is 11.6. The number of nitrogens with zero attached hydrogens (tertiary/aromatic N) is 2. The van der Waals surface area contributed by atoms with E-state index in [-0.39, 0.29) is 11.1 Å². The first kappa shape index (κ1) is 13.9. The maximum atomic E-state index is 12.1. The largest absolute Gasteiger partial charge is 0.497 e. The molecule has 4 nitrogen and oxygen atoms in total. The van der Waals surface area contributed by atoms with Crippen LogP contribution in [-0.4, -0.2) is 11.7 Å². The number of rotatable bonds is 4. The molecule has 0 unspecified atom stereocenters. The summed E-state index contributed by atoms with van der Waals surface area (Å²) in [4.78, 5) is 12.1. The molecule has 0 aliphatic carbocycles. The Morgan fingerprint density at radius 2 is 1.90 bits per heavy atom. The van der Waals surface area contributed by atoms with Crippen LogP contribution in [-0.2, 0) is 13.0 Å². The molecule has 0 atom stereocenters. The highest BCUT2D eigenvalue weighted by molar-refractivity contribution is 5.29. The van der Waals surface area contributed by atoms with Crippen molar-refractivity contribution < 1.29 is 4.74 Å². The number of methoxy groups -OCH3 is 1. The number of hydrogen-bond donors (Lipinski definition) is 0. The van der Waals surface area contributed by atoms with Gasteiger partial charge >= 0.3 is 0 Å². The molecular formula is C16H16N2O2. The van der Waals surface area contributed by atoms with Gasteiger partial charge in [-0.25, -0.2) is 0 Å². The third-order valence-corrected chi connectivity index (χ3v) is 3.30. The molecule has 1 heterocycles. The Kier molecular flexibility index (Phi) is 4.21. The van der Waals surface area contributed by atoms with Gasteiger partial charge in [-0.1, -0.05) is 12.1 Å². The van der Waals surface area contributed by atoms with Crippen LogP contribution in [0.3, 0.4) is 0 Å². The molecule has 0 fully saturated rings. The van der Waals surface area contributed by atoms with E-state index >= 15 is 0 Å². The molecule has 0 radical (unpaired) electrons. The first-order chi connectivity index (χ1) is 9.65. The molecule has 0 N–H and O–H groups in total. The second-order valence-corrected chi connectivity index (χ2v) is 4.56. The predicted octanol–water partition coefficient (Wildman–Crippen LogP) is 2.28. The second-order valence-electron chi connectivity index (χ2n) is 4.56. The molecule has 0 amide bonds. The predicted molar refractivity (Wildman–Crippen MR) is 76.9 cm³/mol. The van der Waals surface area contributed by atoms with E-state index in [1.165, 1.54) is 0 Å². The zero-order valence-electron chi connectivity index (χ0n) is 11.6. The van der Waals surface area contributed by atoms with Crippen molar-refractivity contribution in [1.29, 1.82) is 5.26 Å². The van der Waals surface area contributed by atoms with Gasteiger partial charge in [-0.05, 0) is 43.2 Å². The standard InChI is InChI=1S/C16H16N2O2/c1-12-3-6-14(11-17)16(19)18(12)10-9-13-4-7-15(20-2)8-5-13/h3-8H,9-10H2,1-2H3. The summed E-state index contributed by atoms with van der Waals surface area (Å²) in [7, 11) is 1.63. The van der Waals surface area contributed by atoms with Crippen LogP contribution in [0.4, 0.5) is 0 Å². The smallest absolute Gasteiger partial charge is 0.268 e. The van der Waals surface area contributed by atoms with Crippen molar-refractivity contribution in [3.63, 3.8) is 0 Å². The minimum Gasteiger partial charge on any atom is -0.497 e. The summed E-state index contributed by atoms with van der Waals surface area (Å²) in [5.41, 5.74) is 1.95. The Bertz CT molecular complexity index is 694. The van der Waals surface area contributed by atoms with Crippen LogP contribution in [0.25, 0.3) is 0 Å². The third kappa shape index (κ3) is 2.89. The van der Waals surface area contributed by atoms with E-state index in [1.54, 1.807) is 23.8 Å². The van der Waals surface area contributed by atoms with Gasteiger partial charge in [0, 0.05) is 12.2 Å². The van der Waals surface area contributed by atoms with Crippen LogP contribution in [0, 0.1) is 18.3 Å². The number of ether oxygens (including phenoxy) is 1. The van der Waals surface area contributed by atoms with E-state index < -0.39 is 0 Å². The molecule has 4 heteroatoms. The van der Waals surface area contributed by atoms with Gasteiger partial charge in [0.1, 0.15) is 17.4 Å². The fourth-order valence-corrected chi connectivity index (χ4v) is 2.07. The Balaban J connectivity index is 2.18. The number of hydrogen-bond acceptors (Lipinski definition) is 3. The summed E-state index contributed by atoms with van der Waals surface area (Å²) in [5.74, 6) is 0.813. The molecule has 0 aliphatic rings. The van der Waals surface area contributed by atoms with Crippen molar-refractivity contribution in [2.75, 3.05) is 7.11 Å². The highest BCUT2D eigenvalue weighted by atomic mass is 16.5. The van der Waals surface area contributed by atoms with Crippen LogP contribution >= 0.6 is 0 Å². The van der Waals surface area contributed by atoms with Crippen molar-refractivity contribution in [3.8, 4) is 11.8 Å². The lowest BCUT2D eigenvalue weighted by Gasteiger charge is -2.10. The maximum absolute atomic E-state index is 12.1. The van der Waals surface area contributed by atoms with Crippen molar-refractivity contribution in [2.24, 2.45) is 0 Å². The number of pyridine rings is 1. The fourth-order valence-electron chi connectivity index (χ4n) is 2.07. The van der Waals surface area contributed by atoms with Crippen LogP contribution in [0.5, 0.6) is 5.75 Å². The van der Waals surface area contributed by atoms with E-state index in [0.717, 1.165) is 23.4 Å². The van der Waals surface area contributed by atoms with Gasteiger partial charge in [0.15, 0.2) is 0 Å². The highest BCUT2D eigenvalue weighted by Gasteiger charge is 2.06. The van der Waals surface area contributed by atoms with E-state index in [0.29, 0.717) is 6.54 Å². The van der Waals surface area contributed by atoms with E-state index in [9.17, 15) is 4.79 Å². The maximum Gasteiger partial charge on any atom is 0.268 e. The van der Waals surface area contributed by atoms with Crippen LogP contribution in [0.15, 0.2) is 41.2 Å². The molecule has 2 aromatic rings. The van der Waals surface area contributed by atoms with Crippen molar-refractivity contribution in [2.45, 2.75) is 19.9 Å². The Morgan fingerprint density at radius 1 is 1.20 bits per heavy atom. The second kappa shape index (κ2) is 6.07. The van der Waals surface area contributed by atoms with Crippen LogP contribution in [0.1, 0.15) is 16.8 Å². The molecule has 2 rings (SSSR count). The molecule has 0 bridgehead atoms. The average molecular weight is 268 g/mol. The zero-order chi connectivity index (χ0) is 14.5. The molecule has 1 aromatic carbocycles. The molecule has 0 saturated carbocycles. The molecule has 1 aromatic heterocycles. The molecule has 102 valence electrons. The summed E-state index contributed by atoms with van der Waals surface area (Å²) in [6.45, 7) is 2.43. The van der Waals surface area contributed by atoms with Gasteiger partial charge < -0.3 is 9.30 Å². The molecule has 0 aliphatic heterocycles. The van der Waals surface area contributed by atoms with Gasteiger partial charge in [-0.15, -0.1) is 0 Å². The van der Waals surface area contributed by atoms with Gasteiger partial charge in [0.05, 0.1) is 7.11 Å². The lowest BCUT2D eigenvalue weighted by molar-refractivity contribution is 0.414. The monoisotopic (exact) mass is 268 g/mol. The molecular weight excluding hydrogens is 252 g/mol. The topological polar surface area (TPSA) is 55.0 Å². The number of aromatic nitrogens is 1. The van der Waals surface area contributed by atoms with Gasteiger partial charge in [0.25, 0.3) is 5.56 Å². The first-order valence-electron chi connectivity index (χ1n) is 6.39. The van der Waals surface area contributed by atoms with Gasteiger partial charge in [0.2, 0.25) is 0 Å². The lowest BCUT2D eigenvalue weighted by Crippen LogP contribution is -2.25. The van der Waals surface area contributed by atoms with Gasteiger partial charge in [-0.2, -0.15) is 5.26 Å². The number of aryl methyl sites for hydroxylation is 2. The van der Waals surface area contributed by atoms with Gasteiger partial charge in [-0.3, -0.25) is 4.79 Å². The fraction of sp³-hybridized carbons (Fsp3) is 0.250. The highest BCUT2D eigenvalue weighted by Crippen LogP contribution is 2.12. The summed E-state index contributed by atoms with van der Waals surface area (Å²) in [6.07, 6.45) is 0.736. The summed E-state index contributed by atoms with van der Waals surface area (Å²) < 4.78 is 6.75. The minimum absolute atomic E-state index is 0.185. The number of benzene rings is 1. The van der Waals surface area contributed by atoms with Crippen molar-refractivity contribution in [3.05, 3.63) is 63.6 Å².